The van der Waals surface area contributed by atoms with Crippen LogP contribution < -0.4 is 5.73 Å². The van der Waals surface area contributed by atoms with Crippen LogP contribution in [0.5, 0.6) is 0 Å². The van der Waals surface area contributed by atoms with Gasteiger partial charge in [0, 0.05) is 11.8 Å². The Morgan fingerprint density at radius 3 is 2.44 bits per heavy atom. The fourth-order valence-corrected chi connectivity index (χ4v) is 2.42. The maximum absolute atomic E-state index is 13.0. The molecule has 0 radical (unpaired) electrons. The maximum Gasteiger partial charge on any atom is 0.416 e. The summed E-state index contributed by atoms with van der Waals surface area (Å²) in [5, 5.41) is 9.34. The molecule has 0 aliphatic heterocycles. The summed E-state index contributed by atoms with van der Waals surface area (Å²) in [6.45, 7) is 0. The fraction of sp³-hybridized carbons (Fsp3) is 0.0556. The second-order valence-corrected chi connectivity index (χ2v) is 5.22. The van der Waals surface area contributed by atoms with Crippen LogP contribution in [0.25, 0.3) is 22.5 Å². The lowest BCUT2D eigenvalue weighted by Crippen LogP contribution is -2.05. The number of aromatic nitrogens is 2. The van der Waals surface area contributed by atoms with Crippen molar-refractivity contribution in [3.05, 3.63) is 65.9 Å². The van der Waals surface area contributed by atoms with Crippen molar-refractivity contribution < 1.29 is 13.2 Å². The van der Waals surface area contributed by atoms with Gasteiger partial charge in [0.1, 0.15) is 17.5 Å². The van der Waals surface area contributed by atoms with Crippen LogP contribution in [-0.4, -0.2) is 9.97 Å². The average Bonchev–Trinajstić information content (AvgIpc) is 2.61. The summed E-state index contributed by atoms with van der Waals surface area (Å²) < 4.78 is 38.9. The first-order chi connectivity index (χ1) is 11.9. The molecule has 0 aliphatic rings. The predicted molar refractivity (Wildman–Crippen MR) is 87.0 cm³/mol. The number of hydrogen-bond acceptors (Lipinski definition) is 4. The maximum atomic E-state index is 13.0. The summed E-state index contributed by atoms with van der Waals surface area (Å²) in [5.74, 6) is -0.0573. The summed E-state index contributed by atoms with van der Waals surface area (Å²) in [6, 6.07) is 13.3. The zero-order valence-electron chi connectivity index (χ0n) is 12.7. The quantitative estimate of drug-likeness (QED) is 0.755. The van der Waals surface area contributed by atoms with Crippen LogP contribution in [0.15, 0.2) is 54.7 Å². The van der Waals surface area contributed by atoms with Gasteiger partial charge in [0.2, 0.25) is 0 Å². The van der Waals surface area contributed by atoms with Gasteiger partial charge in [0.25, 0.3) is 0 Å². The summed E-state index contributed by atoms with van der Waals surface area (Å²) in [6.07, 6.45) is -2.92. The Kier molecular flexibility index (Phi) is 4.11. The molecule has 3 aromatic rings. The lowest BCUT2D eigenvalue weighted by atomic mass is 9.98. The number of nitrogens with two attached hydrogens (primary N) is 1. The number of halogens is 3. The molecule has 1 aromatic carbocycles. The summed E-state index contributed by atoms with van der Waals surface area (Å²) in [4.78, 5) is 8.30. The molecule has 124 valence electrons. The van der Waals surface area contributed by atoms with Crippen molar-refractivity contribution in [3.63, 3.8) is 0 Å². The topological polar surface area (TPSA) is 75.6 Å². The van der Waals surface area contributed by atoms with Crippen LogP contribution in [0.1, 0.15) is 11.1 Å². The van der Waals surface area contributed by atoms with Crippen molar-refractivity contribution in [1.82, 2.24) is 9.97 Å². The van der Waals surface area contributed by atoms with Gasteiger partial charge in [-0.25, -0.2) is 4.98 Å². The highest BCUT2D eigenvalue weighted by Crippen LogP contribution is 2.35. The predicted octanol–water partition coefficient (Wildman–Crippen LogP) is 4.28. The number of nitrogen functional groups attached to an aromatic ring is 1. The Bertz CT molecular complexity index is 960. The molecule has 2 N–H and O–H groups in total. The largest absolute Gasteiger partial charge is 0.416 e. The lowest BCUT2D eigenvalue weighted by molar-refractivity contribution is -0.137. The van der Waals surface area contributed by atoms with E-state index in [2.05, 4.69) is 9.97 Å². The standard InChI is InChI=1S/C18H11F3N4/c19-18(20,21)12-5-3-4-11(8-12)13-9-16(15-6-1-2-7-24-15)25-17(23)14(13)10-22/h1-9H,(H2,23,25). The first-order valence-corrected chi connectivity index (χ1v) is 7.20. The Balaban J connectivity index is 2.22. The number of anilines is 1. The second-order valence-electron chi connectivity index (χ2n) is 5.22. The van der Waals surface area contributed by atoms with Gasteiger partial charge in [-0.05, 0) is 35.9 Å². The van der Waals surface area contributed by atoms with E-state index in [1.165, 1.54) is 18.2 Å². The molecule has 0 amide bonds. The Morgan fingerprint density at radius 1 is 1.00 bits per heavy atom. The first-order valence-electron chi connectivity index (χ1n) is 7.20. The number of rotatable bonds is 2. The summed E-state index contributed by atoms with van der Waals surface area (Å²) in [7, 11) is 0. The molecule has 0 spiro atoms. The molecule has 0 fully saturated rings. The Labute approximate surface area is 141 Å². The van der Waals surface area contributed by atoms with E-state index in [4.69, 9.17) is 5.73 Å². The van der Waals surface area contributed by atoms with Crippen LogP contribution in [0.3, 0.4) is 0 Å². The zero-order valence-corrected chi connectivity index (χ0v) is 12.7. The molecule has 4 nitrogen and oxygen atoms in total. The van der Waals surface area contributed by atoms with Crippen molar-refractivity contribution in [3.8, 4) is 28.6 Å². The first kappa shape index (κ1) is 16.5. The minimum absolute atomic E-state index is 0.0269. The Hall–Kier alpha value is -3.40. The van der Waals surface area contributed by atoms with Gasteiger partial charge < -0.3 is 5.73 Å². The molecule has 0 atom stereocenters. The lowest BCUT2D eigenvalue weighted by Gasteiger charge is -2.12. The van der Waals surface area contributed by atoms with Crippen molar-refractivity contribution in [2.45, 2.75) is 6.18 Å². The van der Waals surface area contributed by atoms with Gasteiger partial charge in [-0.3, -0.25) is 4.98 Å². The van der Waals surface area contributed by atoms with Crippen LogP contribution in [0.4, 0.5) is 19.0 Å². The highest BCUT2D eigenvalue weighted by atomic mass is 19.4. The molecule has 0 unspecified atom stereocenters. The van der Waals surface area contributed by atoms with Crippen LogP contribution in [0.2, 0.25) is 0 Å². The van der Waals surface area contributed by atoms with Crippen LogP contribution in [-0.2, 0) is 6.18 Å². The molecule has 3 rings (SSSR count). The van der Waals surface area contributed by atoms with E-state index >= 15 is 0 Å². The van der Waals surface area contributed by atoms with E-state index in [9.17, 15) is 18.4 Å². The normalized spacial score (nSPS) is 11.1. The van der Waals surface area contributed by atoms with Crippen molar-refractivity contribution in [2.75, 3.05) is 5.73 Å². The highest BCUT2D eigenvalue weighted by molar-refractivity contribution is 5.79. The third-order valence-corrected chi connectivity index (χ3v) is 3.59. The van der Waals surface area contributed by atoms with Gasteiger partial charge in [0.15, 0.2) is 0 Å². The Morgan fingerprint density at radius 2 is 1.80 bits per heavy atom. The zero-order chi connectivity index (χ0) is 18.0. The minimum Gasteiger partial charge on any atom is -0.383 e. The van der Waals surface area contributed by atoms with E-state index in [1.54, 1.807) is 24.4 Å². The molecule has 2 heterocycles. The molecule has 0 bridgehead atoms. The van der Waals surface area contributed by atoms with Crippen molar-refractivity contribution >= 4 is 5.82 Å². The monoisotopic (exact) mass is 340 g/mol. The molecular formula is C18H11F3N4. The number of nitriles is 1. The average molecular weight is 340 g/mol. The van der Waals surface area contributed by atoms with Gasteiger partial charge in [-0.15, -0.1) is 0 Å². The van der Waals surface area contributed by atoms with Crippen LogP contribution in [0, 0.1) is 11.3 Å². The van der Waals surface area contributed by atoms with E-state index in [0.29, 0.717) is 11.4 Å². The molecular weight excluding hydrogens is 329 g/mol. The number of benzene rings is 1. The molecule has 25 heavy (non-hydrogen) atoms. The minimum atomic E-state index is -4.48. The van der Waals surface area contributed by atoms with Crippen molar-refractivity contribution in [2.24, 2.45) is 0 Å². The summed E-state index contributed by atoms with van der Waals surface area (Å²) >= 11 is 0. The van der Waals surface area contributed by atoms with Crippen LogP contribution >= 0.6 is 0 Å². The SMILES string of the molecule is N#Cc1c(-c2cccc(C(F)(F)F)c2)cc(-c2ccccn2)nc1N. The molecule has 0 saturated carbocycles. The molecule has 7 heteroatoms. The third-order valence-electron chi connectivity index (χ3n) is 3.59. The second kappa shape index (κ2) is 6.24. The highest BCUT2D eigenvalue weighted by Gasteiger charge is 2.30. The third kappa shape index (κ3) is 3.28. The van der Waals surface area contributed by atoms with E-state index < -0.39 is 11.7 Å². The van der Waals surface area contributed by atoms with Crippen molar-refractivity contribution in [1.29, 1.82) is 5.26 Å². The van der Waals surface area contributed by atoms with Gasteiger partial charge in [0.05, 0.1) is 17.0 Å². The van der Waals surface area contributed by atoms with E-state index in [-0.39, 0.29) is 22.5 Å². The molecule has 0 aliphatic carbocycles. The number of hydrogen-bond donors (Lipinski definition) is 1. The number of nitrogens with zero attached hydrogens (tertiary/aromatic N) is 3. The number of alkyl halides is 3. The smallest absolute Gasteiger partial charge is 0.383 e. The summed E-state index contributed by atoms with van der Waals surface area (Å²) in [5.41, 5.74) is 6.47. The molecule has 2 aromatic heterocycles. The van der Waals surface area contributed by atoms with Gasteiger partial charge in [-0.2, -0.15) is 18.4 Å². The molecule has 0 saturated heterocycles. The van der Waals surface area contributed by atoms with E-state index in [0.717, 1.165) is 12.1 Å². The van der Waals surface area contributed by atoms with E-state index in [1.807, 2.05) is 6.07 Å². The number of pyridine rings is 2. The van der Waals surface area contributed by atoms with Gasteiger partial charge >= 0.3 is 6.18 Å². The van der Waals surface area contributed by atoms with Gasteiger partial charge in [-0.1, -0.05) is 18.2 Å². The fourth-order valence-electron chi connectivity index (χ4n) is 2.42.